The predicted molar refractivity (Wildman–Crippen MR) is 83.0 cm³/mol. The molecule has 4 rings (SSSR count). The zero-order chi connectivity index (χ0) is 16.4. The third-order valence-corrected chi connectivity index (χ3v) is 11.6. The van der Waals surface area contributed by atoms with E-state index in [4.69, 9.17) is 0 Å². The first-order valence-electron chi connectivity index (χ1n) is 8.23. The molecule has 124 valence electrons. The fraction of sp³-hybridized carbons (Fsp3) is 0.647. The number of hydrogen-bond acceptors (Lipinski definition) is 4. The number of Topliss-reactive ketones (excluding diaryl/α,β-unsaturated/α-hetero) is 1. The van der Waals surface area contributed by atoms with Crippen molar-refractivity contribution in [2.24, 2.45) is 17.8 Å². The molecule has 0 aromatic carbocycles. The summed E-state index contributed by atoms with van der Waals surface area (Å²) in [5, 5.41) is 22.7. The van der Waals surface area contributed by atoms with Crippen LogP contribution in [0.5, 0.6) is 0 Å². The minimum atomic E-state index is -2.82. The Hall–Kier alpha value is -0.830. The molecule has 5 nitrogen and oxygen atoms in total. The second kappa shape index (κ2) is 5.34. The molecule has 5 atom stereocenters. The van der Waals surface area contributed by atoms with E-state index in [1.807, 2.05) is 6.07 Å². The van der Waals surface area contributed by atoms with Crippen molar-refractivity contribution < 1.29 is 17.7 Å². The molecule has 1 N–H and O–H groups in total. The van der Waals surface area contributed by atoms with E-state index in [0.29, 0.717) is 10.9 Å². The van der Waals surface area contributed by atoms with Gasteiger partial charge in [-0.3, -0.25) is 0 Å². The number of hydrogen-bond donors (Lipinski definition) is 1. The molecule has 3 aliphatic rings. The van der Waals surface area contributed by atoms with Crippen LogP contribution in [0.4, 0.5) is 0 Å². The van der Waals surface area contributed by atoms with Crippen LogP contribution in [-0.2, 0) is 14.3 Å². The molecule has 0 bridgehead atoms. The van der Waals surface area contributed by atoms with Crippen molar-refractivity contribution in [3.05, 3.63) is 34.8 Å². The summed E-state index contributed by atoms with van der Waals surface area (Å²) in [4.78, 5) is 11.9. The number of rotatable bonds is 1. The molecule has 2 fully saturated rings. The SMILES string of the molecule is CC(=O)[C@H]1CC[C@@H]2[C@H]3CCc4c[n+]([O-])ccc4[C@@H]3[Te](=O)C[C@@]12O. The van der Waals surface area contributed by atoms with Crippen LogP contribution in [0.1, 0.15) is 41.3 Å². The van der Waals surface area contributed by atoms with Crippen molar-refractivity contribution in [1.82, 2.24) is 0 Å². The molecule has 23 heavy (non-hydrogen) atoms. The van der Waals surface area contributed by atoms with Crippen molar-refractivity contribution in [1.29, 1.82) is 0 Å². The van der Waals surface area contributed by atoms with E-state index in [2.05, 4.69) is 0 Å². The number of pyridine rings is 1. The van der Waals surface area contributed by atoms with Gasteiger partial charge in [0.15, 0.2) is 0 Å². The van der Waals surface area contributed by atoms with Crippen LogP contribution in [-0.4, -0.2) is 36.0 Å². The molecule has 1 aliphatic heterocycles. The maximum atomic E-state index is 13.1. The number of fused-ring (bicyclic) bond motifs is 5. The van der Waals surface area contributed by atoms with Gasteiger partial charge >= 0.3 is 142 Å². The third kappa shape index (κ3) is 2.22. The molecule has 2 aliphatic carbocycles. The summed E-state index contributed by atoms with van der Waals surface area (Å²) < 4.78 is 14.2. The topological polar surface area (TPSA) is 81.3 Å². The number of carbonyl (C=O) groups is 1. The van der Waals surface area contributed by atoms with Gasteiger partial charge in [0.05, 0.1) is 0 Å². The molecule has 6 heteroatoms. The van der Waals surface area contributed by atoms with E-state index >= 15 is 0 Å². The number of aryl methyl sites for hydroxylation is 1. The summed E-state index contributed by atoms with van der Waals surface area (Å²) in [6, 6.07) is 1.83. The Morgan fingerprint density at radius 2 is 2.22 bits per heavy atom. The van der Waals surface area contributed by atoms with E-state index in [0.717, 1.165) is 35.1 Å². The molecule has 0 amide bonds. The number of aliphatic hydroxyl groups is 1. The van der Waals surface area contributed by atoms with Crippen LogP contribution in [0.25, 0.3) is 0 Å². The molecule has 1 saturated heterocycles. The fourth-order valence-electron chi connectivity index (χ4n) is 5.24. The third-order valence-electron chi connectivity index (χ3n) is 6.17. The molecule has 0 unspecified atom stereocenters. The quantitative estimate of drug-likeness (QED) is 0.413. The summed E-state index contributed by atoms with van der Waals surface area (Å²) >= 11 is -2.82. The predicted octanol–water partition coefficient (Wildman–Crippen LogP) is 1.29. The van der Waals surface area contributed by atoms with Crippen molar-refractivity contribution in [2.75, 3.05) is 0 Å². The van der Waals surface area contributed by atoms with E-state index in [1.165, 1.54) is 6.20 Å². The Kier molecular flexibility index (Phi) is 3.64. The van der Waals surface area contributed by atoms with Crippen molar-refractivity contribution in [3.63, 3.8) is 0 Å². The first kappa shape index (κ1) is 15.7. The van der Waals surface area contributed by atoms with Crippen LogP contribution >= 0.6 is 0 Å². The van der Waals surface area contributed by atoms with E-state index in [1.54, 1.807) is 13.1 Å². The summed E-state index contributed by atoms with van der Waals surface area (Å²) in [5.41, 5.74) is 1.03. The van der Waals surface area contributed by atoms with Crippen LogP contribution in [0.3, 0.4) is 0 Å². The minimum absolute atomic E-state index is 0.0273. The van der Waals surface area contributed by atoms with Gasteiger partial charge in [-0.05, 0) is 0 Å². The van der Waals surface area contributed by atoms with Gasteiger partial charge in [-0.25, -0.2) is 0 Å². The van der Waals surface area contributed by atoms with E-state index in [9.17, 15) is 18.2 Å². The molecule has 1 saturated carbocycles. The molecular formula is C17H21NO4Te. The van der Waals surface area contributed by atoms with Crippen molar-refractivity contribution in [3.8, 4) is 0 Å². The van der Waals surface area contributed by atoms with E-state index in [-0.39, 0.29) is 27.5 Å². The van der Waals surface area contributed by atoms with Gasteiger partial charge in [0, 0.05) is 0 Å². The zero-order valence-corrected chi connectivity index (χ0v) is 15.4. The van der Waals surface area contributed by atoms with Gasteiger partial charge in [0.2, 0.25) is 0 Å². The summed E-state index contributed by atoms with van der Waals surface area (Å²) in [6.45, 7) is 1.55. The maximum absolute atomic E-state index is 13.1. The van der Waals surface area contributed by atoms with Gasteiger partial charge < -0.3 is 0 Å². The van der Waals surface area contributed by atoms with Gasteiger partial charge in [0.25, 0.3) is 0 Å². The average molecular weight is 431 g/mol. The Labute approximate surface area is 142 Å². The first-order valence-corrected chi connectivity index (χ1v) is 12.2. The monoisotopic (exact) mass is 433 g/mol. The standard InChI is InChI=1S/C17H21NO4Te/c1-10(19)14-4-5-15-13-3-2-11-8-18(21)7-6-12(11)16(13)23(22)9-17(14,15)20/h6-8,13-16,20H,2-5,9H2,1H3/t13-,14-,15-,16+,17-/m1/s1. The number of aromatic nitrogens is 1. The zero-order valence-electron chi connectivity index (χ0n) is 13.1. The molecule has 1 aromatic heterocycles. The summed E-state index contributed by atoms with van der Waals surface area (Å²) in [7, 11) is 0. The van der Waals surface area contributed by atoms with Gasteiger partial charge in [0.1, 0.15) is 0 Å². The van der Waals surface area contributed by atoms with Gasteiger partial charge in [-0.15, -0.1) is 0 Å². The molecule has 0 radical (unpaired) electrons. The second-order valence-corrected chi connectivity index (χ2v) is 11.7. The Morgan fingerprint density at radius 3 is 2.96 bits per heavy atom. The average Bonchev–Trinajstić information content (AvgIpc) is 2.83. The van der Waals surface area contributed by atoms with Crippen LogP contribution in [0.2, 0.25) is 4.47 Å². The molecule has 1 aromatic rings. The van der Waals surface area contributed by atoms with Gasteiger partial charge in [-0.1, -0.05) is 0 Å². The molecule has 2 heterocycles. The molecule has 0 spiro atoms. The number of nitrogens with zero attached hydrogens (tertiary/aromatic N) is 1. The molecular weight excluding hydrogens is 410 g/mol. The number of ketones is 1. The first-order chi connectivity index (χ1) is 10.9. The van der Waals surface area contributed by atoms with Crippen molar-refractivity contribution in [2.45, 2.75) is 46.6 Å². The number of carbonyl (C=O) groups excluding carboxylic acids is 1. The second-order valence-electron chi connectivity index (χ2n) is 7.27. The fourth-order valence-corrected chi connectivity index (χ4v) is 11.7. The Bertz CT molecular complexity index is 706. The van der Waals surface area contributed by atoms with Crippen LogP contribution < -0.4 is 4.73 Å². The summed E-state index contributed by atoms with van der Waals surface area (Å²) in [5.74, 6) is -0.0437. The van der Waals surface area contributed by atoms with Gasteiger partial charge in [-0.2, -0.15) is 0 Å². The Morgan fingerprint density at radius 1 is 1.43 bits per heavy atom. The van der Waals surface area contributed by atoms with Crippen molar-refractivity contribution >= 4 is 25.3 Å². The summed E-state index contributed by atoms with van der Waals surface area (Å²) in [6.07, 6.45) is 6.31. The van der Waals surface area contributed by atoms with Crippen LogP contribution in [0, 0.1) is 23.0 Å². The normalized spacial score (nSPS) is 39.4. The van der Waals surface area contributed by atoms with Crippen LogP contribution in [0.15, 0.2) is 18.5 Å². The van der Waals surface area contributed by atoms with E-state index < -0.39 is 25.1 Å². The Balaban J connectivity index is 1.76.